The Kier molecular flexibility index (Phi) is 5.71. The first-order valence-corrected chi connectivity index (χ1v) is 9.96. The summed E-state index contributed by atoms with van der Waals surface area (Å²) in [6, 6.07) is 17.4. The average Bonchev–Trinajstić information content (AvgIpc) is 3.40. The number of methoxy groups -OCH3 is 1. The first-order valence-electron chi connectivity index (χ1n) is 8.98. The number of aromatic nitrogens is 5. The van der Waals surface area contributed by atoms with E-state index in [9.17, 15) is 0 Å². The minimum absolute atomic E-state index is 0.487. The predicted molar refractivity (Wildman–Crippen MR) is 112 cm³/mol. The van der Waals surface area contributed by atoms with Gasteiger partial charge in [-0.1, -0.05) is 48.2 Å². The Bertz CT molecular complexity index is 1110. The summed E-state index contributed by atoms with van der Waals surface area (Å²) >= 11 is 1.48. The van der Waals surface area contributed by atoms with Crippen LogP contribution in [0.5, 0.6) is 5.75 Å². The van der Waals surface area contributed by atoms with Crippen molar-refractivity contribution in [2.75, 3.05) is 7.11 Å². The van der Waals surface area contributed by atoms with Crippen molar-refractivity contribution in [3.05, 3.63) is 73.1 Å². The Morgan fingerprint density at radius 3 is 2.62 bits per heavy atom. The molecule has 0 saturated heterocycles. The molecule has 7 nitrogen and oxygen atoms in total. The van der Waals surface area contributed by atoms with Crippen LogP contribution in [0.1, 0.15) is 5.89 Å². The third kappa shape index (κ3) is 4.07. The van der Waals surface area contributed by atoms with Gasteiger partial charge in [-0.05, 0) is 24.3 Å². The van der Waals surface area contributed by atoms with Gasteiger partial charge in [0.1, 0.15) is 5.75 Å². The van der Waals surface area contributed by atoms with E-state index in [0.717, 1.165) is 27.9 Å². The summed E-state index contributed by atoms with van der Waals surface area (Å²) in [6.45, 7) is 4.42. The maximum Gasteiger partial charge on any atom is 0.247 e. The van der Waals surface area contributed by atoms with Crippen molar-refractivity contribution < 1.29 is 9.15 Å². The number of hydrogen-bond acceptors (Lipinski definition) is 7. The van der Waals surface area contributed by atoms with Gasteiger partial charge in [0.2, 0.25) is 11.8 Å². The second-order valence-electron chi connectivity index (χ2n) is 6.06. The molecule has 29 heavy (non-hydrogen) atoms. The zero-order valence-electron chi connectivity index (χ0n) is 15.9. The van der Waals surface area contributed by atoms with Crippen molar-refractivity contribution in [1.82, 2.24) is 25.0 Å². The number of benzene rings is 2. The first kappa shape index (κ1) is 18.9. The SMILES string of the molecule is C=CCn1c(SCc2nnc(-c3ccccc3)o2)nnc1-c1ccccc1OC. The molecule has 0 fully saturated rings. The van der Waals surface area contributed by atoms with E-state index >= 15 is 0 Å². The lowest BCUT2D eigenvalue weighted by atomic mass is 10.2. The van der Waals surface area contributed by atoms with E-state index in [1.807, 2.05) is 65.2 Å². The van der Waals surface area contributed by atoms with Crippen molar-refractivity contribution in [2.24, 2.45) is 0 Å². The maximum absolute atomic E-state index is 5.78. The van der Waals surface area contributed by atoms with Crippen LogP contribution in [0.4, 0.5) is 0 Å². The van der Waals surface area contributed by atoms with Gasteiger partial charge in [-0.2, -0.15) is 0 Å². The molecule has 8 heteroatoms. The Morgan fingerprint density at radius 2 is 1.83 bits per heavy atom. The van der Waals surface area contributed by atoms with Crippen molar-refractivity contribution in [3.8, 4) is 28.6 Å². The van der Waals surface area contributed by atoms with Crippen LogP contribution in [0.15, 0.2) is 76.8 Å². The molecule has 0 saturated carbocycles. The number of nitrogens with zero attached hydrogens (tertiary/aromatic N) is 5. The van der Waals surface area contributed by atoms with E-state index in [4.69, 9.17) is 9.15 Å². The van der Waals surface area contributed by atoms with Crippen LogP contribution in [0.3, 0.4) is 0 Å². The highest BCUT2D eigenvalue weighted by atomic mass is 32.2. The zero-order valence-corrected chi connectivity index (χ0v) is 16.7. The fourth-order valence-electron chi connectivity index (χ4n) is 2.85. The molecule has 0 bridgehead atoms. The van der Waals surface area contributed by atoms with Crippen LogP contribution in [-0.2, 0) is 12.3 Å². The second kappa shape index (κ2) is 8.74. The Labute approximate surface area is 172 Å². The smallest absolute Gasteiger partial charge is 0.247 e. The van der Waals surface area contributed by atoms with Gasteiger partial charge in [-0.3, -0.25) is 4.57 Å². The molecule has 0 aliphatic rings. The minimum Gasteiger partial charge on any atom is -0.496 e. The normalized spacial score (nSPS) is 10.8. The largest absolute Gasteiger partial charge is 0.496 e. The lowest BCUT2D eigenvalue weighted by molar-refractivity contribution is 0.416. The van der Waals surface area contributed by atoms with Crippen molar-refractivity contribution in [3.63, 3.8) is 0 Å². The molecule has 0 aliphatic carbocycles. The highest BCUT2D eigenvalue weighted by Gasteiger charge is 2.18. The standard InChI is InChI=1S/C21H19N5O2S/c1-3-13-26-19(16-11-7-8-12-17(16)27-2)23-25-21(26)29-14-18-22-24-20(28-18)15-9-5-4-6-10-15/h3-12H,1,13-14H2,2H3. The Balaban J connectivity index is 1.56. The summed E-state index contributed by atoms with van der Waals surface area (Å²) in [5.74, 6) is 2.98. The van der Waals surface area contributed by atoms with Crippen LogP contribution >= 0.6 is 11.8 Å². The first-order chi connectivity index (χ1) is 14.3. The molecular formula is C21H19N5O2S. The molecule has 4 rings (SSSR count). The van der Waals surface area contributed by atoms with Gasteiger partial charge in [0, 0.05) is 12.1 Å². The number of para-hydroxylation sites is 1. The monoisotopic (exact) mass is 405 g/mol. The Hall–Kier alpha value is -3.39. The van der Waals surface area contributed by atoms with Gasteiger partial charge >= 0.3 is 0 Å². The summed E-state index contributed by atoms with van der Waals surface area (Å²) in [6.07, 6.45) is 1.81. The van der Waals surface area contributed by atoms with Crippen LogP contribution in [0.25, 0.3) is 22.8 Å². The number of rotatable bonds is 8. The second-order valence-corrected chi connectivity index (χ2v) is 7.00. The lowest BCUT2D eigenvalue weighted by Crippen LogP contribution is -2.01. The summed E-state index contributed by atoms with van der Waals surface area (Å²) in [5, 5.41) is 17.7. The quantitative estimate of drug-likeness (QED) is 0.316. The number of thioether (sulfide) groups is 1. The molecular weight excluding hydrogens is 386 g/mol. The van der Waals surface area contributed by atoms with Crippen LogP contribution < -0.4 is 4.74 Å². The lowest BCUT2D eigenvalue weighted by Gasteiger charge is -2.10. The van der Waals surface area contributed by atoms with E-state index in [1.54, 1.807) is 7.11 Å². The van der Waals surface area contributed by atoms with Gasteiger partial charge < -0.3 is 9.15 Å². The average molecular weight is 405 g/mol. The van der Waals surface area contributed by atoms with Gasteiger partial charge in [-0.15, -0.1) is 27.0 Å². The number of hydrogen-bond donors (Lipinski definition) is 0. The van der Waals surface area contributed by atoms with E-state index in [-0.39, 0.29) is 0 Å². The minimum atomic E-state index is 0.487. The van der Waals surface area contributed by atoms with Gasteiger partial charge in [0.25, 0.3) is 0 Å². The molecule has 2 aromatic carbocycles. The van der Waals surface area contributed by atoms with Crippen molar-refractivity contribution >= 4 is 11.8 Å². The zero-order chi connectivity index (χ0) is 20.1. The fraction of sp³-hybridized carbons (Fsp3) is 0.143. The topological polar surface area (TPSA) is 78.9 Å². The van der Waals surface area contributed by atoms with Crippen LogP contribution in [0, 0.1) is 0 Å². The molecule has 0 amide bonds. The van der Waals surface area contributed by atoms with Crippen LogP contribution in [-0.4, -0.2) is 32.1 Å². The van der Waals surface area contributed by atoms with E-state index < -0.39 is 0 Å². The summed E-state index contributed by atoms with van der Waals surface area (Å²) in [4.78, 5) is 0. The maximum atomic E-state index is 5.78. The summed E-state index contributed by atoms with van der Waals surface area (Å²) < 4.78 is 13.2. The molecule has 146 valence electrons. The Morgan fingerprint density at radius 1 is 1.03 bits per heavy atom. The predicted octanol–water partition coefficient (Wildman–Crippen LogP) is 4.48. The van der Waals surface area contributed by atoms with Gasteiger partial charge in [-0.25, -0.2) is 0 Å². The number of ether oxygens (including phenoxy) is 1. The highest BCUT2D eigenvalue weighted by molar-refractivity contribution is 7.98. The van der Waals surface area contributed by atoms with E-state index in [0.29, 0.717) is 24.1 Å². The molecule has 0 radical (unpaired) electrons. The van der Waals surface area contributed by atoms with Crippen molar-refractivity contribution in [1.29, 1.82) is 0 Å². The fourth-order valence-corrected chi connectivity index (χ4v) is 3.64. The van der Waals surface area contributed by atoms with Crippen molar-refractivity contribution in [2.45, 2.75) is 17.5 Å². The van der Waals surface area contributed by atoms with E-state index in [2.05, 4.69) is 27.0 Å². The number of allylic oxidation sites excluding steroid dienone is 1. The van der Waals surface area contributed by atoms with Gasteiger partial charge in [0.05, 0.1) is 18.4 Å². The molecule has 0 atom stereocenters. The van der Waals surface area contributed by atoms with Crippen LogP contribution in [0.2, 0.25) is 0 Å². The summed E-state index contributed by atoms with van der Waals surface area (Å²) in [5.41, 5.74) is 1.77. The molecule has 2 aromatic heterocycles. The molecule has 0 unspecified atom stereocenters. The van der Waals surface area contributed by atoms with Gasteiger partial charge in [0.15, 0.2) is 11.0 Å². The molecule has 2 heterocycles. The third-order valence-corrected chi connectivity index (χ3v) is 5.14. The highest BCUT2D eigenvalue weighted by Crippen LogP contribution is 2.32. The molecule has 0 N–H and O–H groups in total. The summed E-state index contributed by atoms with van der Waals surface area (Å²) in [7, 11) is 1.64. The molecule has 4 aromatic rings. The molecule has 0 spiro atoms. The third-order valence-electron chi connectivity index (χ3n) is 4.19. The molecule has 0 aliphatic heterocycles. The van der Waals surface area contributed by atoms with E-state index in [1.165, 1.54) is 11.8 Å².